The van der Waals surface area contributed by atoms with Gasteiger partial charge in [0.25, 0.3) is 0 Å². The second-order valence-electron chi connectivity index (χ2n) is 10.5. The normalized spacial score (nSPS) is 23.8. The number of rotatable bonds is 9. The predicted molar refractivity (Wildman–Crippen MR) is 140 cm³/mol. The van der Waals surface area contributed by atoms with E-state index in [1.54, 1.807) is 17.2 Å². The van der Waals surface area contributed by atoms with Crippen molar-refractivity contribution in [3.05, 3.63) is 30.4 Å². The SMILES string of the molecule is CC(C)n1nnc([C@H]2O[C@@H](n3cnc4c(NC5CCCC5)nc(NCCc5cn(C)cn5)nc43)[C@H](O)[C@H]2O)n1. The maximum atomic E-state index is 11.0. The Morgan fingerprint density at radius 3 is 2.64 bits per heavy atom. The molecule has 4 atom stereocenters. The highest BCUT2D eigenvalue weighted by molar-refractivity contribution is 5.84. The molecule has 0 radical (unpaired) electrons. The van der Waals surface area contributed by atoms with Crippen LogP contribution in [0.3, 0.4) is 0 Å². The second kappa shape index (κ2) is 10.5. The third-order valence-corrected chi connectivity index (χ3v) is 7.21. The molecule has 0 unspecified atom stereocenters. The number of hydrogen-bond acceptors (Lipinski definition) is 12. The quantitative estimate of drug-likeness (QED) is 0.239. The maximum Gasteiger partial charge on any atom is 0.226 e. The number of aryl methyl sites for hydroxylation is 1. The minimum atomic E-state index is -1.26. The Labute approximate surface area is 224 Å². The Morgan fingerprint density at radius 1 is 1.10 bits per heavy atom. The molecule has 0 aromatic carbocycles. The molecule has 4 aromatic heterocycles. The lowest BCUT2D eigenvalue weighted by Crippen LogP contribution is -2.29. The van der Waals surface area contributed by atoms with Crippen molar-refractivity contribution in [2.24, 2.45) is 7.05 Å². The summed E-state index contributed by atoms with van der Waals surface area (Å²) >= 11 is 0. The van der Waals surface area contributed by atoms with Gasteiger partial charge >= 0.3 is 0 Å². The van der Waals surface area contributed by atoms with Gasteiger partial charge in [0.15, 0.2) is 29.3 Å². The molecule has 1 saturated heterocycles. The predicted octanol–water partition coefficient (Wildman–Crippen LogP) is 1.13. The van der Waals surface area contributed by atoms with Gasteiger partial charge in [-0.15, -0.1) is 10.2 Å². The lowest BCUT2D eigenvalue weighted by molar-refractivity contribution is -0.0384. The fourth-order valence-corrected chi connectivity index (χ4v) is 5.12. The lowest BCUT2D eigenvalue weighted by atomic mass is 10.1. The number of imidazole rings is 2. The monoisotopic (exact) mass is 538 g/mol. The molecule has 0 bridgehead atoms. The van der Waals surface area contributed by atoms with E-state index in [0.29, 0.717) is 41.9 Å². The number of nitrogens with one attached hydrogen (secondary N) is 2. The molecular weight excluding hydrogens is 504 g/mol. The first-order valence-electron chi connectivity index (χ1n) is 13.4. The summed E-state index contributed by atoms with van der Waals surface area (Å²) in [5.74, 6) is 1.25. The van der Waals surface area contributed by atoms with Gasteiger partial charge in [-0.25, -0.2) is 9.97 Å². The Kier molecular flexibility index (Phi) is 6.86. The molecule has 39 heavy (non-hydrogen) atoms. The number of ether oxygens (including phenoxy) is 1. The van der Waals surface area contributed by atoms with Gasteiger partial charge in [0.1, 0.15) is 12.2 Å². The molecule has 15 nitrogen and oxygen atoms in total. The van der Waals surface area contributed by atoms with Gasteiger partial charge in [-0.3, -0.25) is 4.57 Å². The molecule has 0 spiro atoms. The van der Waals surface area contributed by atoms with E-state index < -0.39 is 24.5 Å². The van der Waals surface area contributed by atoms with Crippen molar-refractivity contribution in [1.29, 1.82) is 0 Å². The van der Waals surface area contributed by atoms with E-state index >= 15 is 0 Å². The average molecular weight is 539 g/mol. The summed E-state index contributed by atoms with van der Waals surface area (Å²) in [5, 5.41) is 41.0. The van der Waals surface area contributed by atoms with Crippen LogP contribution in [0.1, 0.15) is 69.4 Å². The molecule has 2 aliphatic rings. The maximum absolute atomic E-state index is 11.0. The highest BCUT2D eigenvalue weighted by atomic mass is 16.6. The van der Waals surface area contributed by atoms with E-state index in [1.165, 1.54) is 17.6 Å². The summed E-state index contributed by atoms with van der Waals surface area (Å²) in [5.41, 5.74) is 2.00. The fourth-order valence-electron chi connectivity index (χ4n) is 5.12. The smallest absolute Gasteiger partial charge is 0.226 e. The van der Waals surface area contributed by atoms with E-state index in [1.807, 2.05) is 31.7 Å². The number of anilines is 2. The summed E-state index contributed by atoms with van der Waals surface area (Å²) in [6.45, 7) is 4.43. The van der Waals surface area contributed by atoms with Crippen LogP contribution in [0.25, 0.3) is 11.2 Å². The van der Waals surface area contributed by atoms with Crippen LogP contribution in [0, 0.1) is 0 Å². The number of nitrogens with zero attached hydrogens (tertiary/aromatic N) is 10. The summed E-state index contributed by atoms with van der Waals surface area (Å²) in [7, 11) is 1.94. The van der Waals surface area contributed by atoms with E-state index in [0.717, 1.165) is 18.5 Å². The van der Waals surface area contributed by atoms with Crippen LogP contribution in [0.5, 0.6) is 0 Å². The molecule has 1 aliphatic heterocycles. The molecule has 0 amide bonds. The lowest BCUT2D eigenvalue weighted by Gasteiger charge is -2.18. The zero-order valence-electron chi connectivity index (χ0n) is 22.2. The van der Waals surface area contributed by atoms with Gasteiger partial charge in [-0.05, 0) is 31.9 Å². The number of fused-ring (bicyclic) bond motifs is 1. The third-order valence-electron chi connectivity index (χ3n) is 7.21. The molecule has 6 rings (SSSR count). The highest BCUT2D eigenvalue weighted by Gasteiger charge is 2.47. The van der Waals surface area contributed by atoms with Crippen molar-refractivity contribution >= 4 is 22.9 Å². The molecule has 4 aromatic rings. The number of aliphatic hydroxyl groups is 2. The number of hydrogen-bond donors (Lipinski definition) is 4. The van der Waals surface area contributed by atoms with Gasteiger partial charge in [-0.2, -0.15) is 14.8 Å². The Hall–Kier alpha value is -3.69. The van der Waals surface area contributed by atoms with Crippen LogP contribution >= 0.6 is 0 Å². The van der Waals surface area contributed by atoms with E-state index in [4.69, 9.17) is 14.7 Å². The molecule has 1 aliphatic carbocycles. The zero-order chi connectivity index (χ0) is 27.1. The molecule has 4 N–H and O–H groups in total. The third kappa shape index (κ3) is 5.04. The summed E-state index contributed by atoms with van der Waals surface area (Å²) in [6.07, 6.45) is 6.04. The van der Waals surface area contributed by atoms with Crippen LogP contribution in [-0.2, 0) is 18.2 Å². The second-order valence-corrected chi connectivity index (χ2v) is 10.5. The van der Waals surface area contributed by atoms with Crippen molar-refractivity contribution in [2.75, 3.05) is 17.2 Å². The molecule has 15 heteroatoms. The molecule has 5 heterocycles. The average Bonchev–Trinajstić information content (AvgIpc) is 3.73. The van der Waals surface area contributed by atoms with E-state index in [-0.39, 0.29) is 11.9 Å². The zero-order valence-corrected chi connectivity index (χ0v) is 22.2. The van der Waals surface area contributed by atoms with Crippen LogP contribution in [0.15, 0.2) is 18.9 Å². The van der Waals surface area contributed by atoms with Crippen LogP contribution in [0.2, 0.25) is 0 Å². The van der Waals surface area contributed by atoms with Crippen molar-refractivity contribution in [3.8, 4) is 0 Å². The van der Waals surface area contributed by atoms with Crippen LogP contribution in [0.4, 0.5) is 11.8 Å². The first-order valence-corrected chi connectivity index (χ1v) is 13.4. The first kappa shape index (κ1) is 25.6. The number of aromatic nitrogens is 10. The van der Waals surface area contributed by atoms with Crippen LogP contribution in [-0.4, -0.2) is 84.3 Å². The summed E-state index contributed by atoms with van der Waals surface area (Å²) in [4.78, 5) is 19.9. The van der Waals surface area contributed by atoms with Gasteiger partial charge in [0.05, 0.1) is 24.4 Å². The minimum Gasteiger partial charge on any atom is -0.387 e. The largest absolute Gasteiger partial charge is 0.387 e. The number of tetrazole rings is 1. The first-order chi connectivity index (χ1) is 18.9. The van der Waals surface area contributed by atoms with E-state index in [2.05, 4.69) is 36.0 Å². The molecule has 2 fully saturated rings. The van der Waals surface area contributed by atoms with Crippen molar-refractivity contribution in [3.63, 3.8) is 0 Å². The molecule has 1 saturated carbocycles. The Balaban J connectivity index is 1.29. The van der Waals surface area contributed by atoms with Gasteiger partial charge in [0, 0.05) is 32.3 Å². The standard InChI is InChI=1S/C24H34N12O3/c1-13(2)36-32-21(31-33-36)19-17(37)18(38)23(39-19)35-12-27-16-20(28-14-6-4-5-7-14)29-24(30-22(16)35)25-9-8-15-10-34(3)11-26-15/h10-14,17-19,23,37-38H,4-9H2,1-3H3,(H2,25,28,29,30)/t17-,18-,19+,23-/m1/s1. The van der Waals surface area contributed by atoms with Crippen LogP contribution < -0.4 is 10.6 Å². The summed E-state index contributed by atoms with van der Waals surface area (Å²) < 4.78 is 9.64. The van der Waals surface area contributed by atoms with Crippen molar-refractivity contribution in [2.45, 2.75) is 82.6 Å². The van der Waals surface area contributed by atoms with Gasteiger partial charge in [-0.1, -0.05) is 12.8 Å². The van der Waals surface area contributed by atoms with E-state index in [9.17, 15) is 10.2 Å². The van der Waals surface area contributed by atoms with Gasteiger partial charge in [0.2, 0.25) is 11.8 Å². The van der Waals surface area contributed by atoms with Crippen molar-refractivity contribution in [1.82, 2.24) is 49.3 Å². The topological polar surface area (TPSA) is 179 Å². The van der Waals surface area contributed by atoms with Gasteiger partial charge < -0.3 is 30.2 Å². The minimum absolute atomic E-state index is 0.00538. The molecular formula is C24H34N12O3. The summed E-state index contributed by atoms with van der Waals surface area (Å²) in [6, 6.07) is 0.304. The Bertz CT molecular complexity index is 1420. The highest BCUT2D eigenvalue weighted by Crippen LogP contribution is 2.39. The number of aliphatic hydroxyl groups excluding tert-OH is 2. The molecule has 208 valence electrons. The van der Waals surface area contributed by atoms with Crippen molar-refractivity contribution < 1.29 is 14.9 Å². The fraction of sp³-hybridized carbons (Fsp3) is 0.625. The Morgan fingerprint density at radius 2 is 1.92 bits per heavy atom.